The SMILES string of the molecule is COC(=O)C(CN)CC1CCOCC1. The highest BCUT2D eigenvalue weighted by Crippen LogP contribution is 2.23. The van der Waals surface area contributed by atoms with Gasteiger partial charge in [-0.05, 0) is 25.2 Å². The quantitative estimate of drug-likeness (QED) is 0.675. The van der Waals surface area contributed by atoms with Gasteiger partial charge in [0.1, 0.15) is 0 Å². The lowest BCUT2D eigenvalue weighted by Gasteiger charge is -2.24. The Morgan fingerprint density at radius 3 is 2.71 bits per heavy atom. The zero-order valence-electron chi connectivity index (χ0n) is 8.70. The van der Waals surface area contributed by atoms with Crippen molar-refractivity contribution in [2.24, 2.45) is 17.6 Å². The molecule has 2 N–H and O–H groups in total. The van der Waals surface area contributed by atoms with Crippen LogP contribution in [-0.4, -0.2) is 32.8 Å². The number of rotatable bonds is 4. The number of hydrogen-bond donors (Lipinski definition) is 1. The lowest BCUT2D eigenvalue weighted by molar-refractivity contribution is -0.146. The predicted octanol–water partition coefficient (Wildman–Crippen LogP) is 0.551. The molecule has 4 heteroatoms. The fraction of sp³-hybridized carbons (Fsp3) is 0.900. The predicted molar refractivity (Wildman–Crippen MR) is 52.7 cm³/mol. The van der Waals surface area contributed by atoms with Gasteiger partial charge >= 0.3 is 5.97 Å². The van der Waals surface area contributed by atoms with Crippen molar-refractivity contribution in [1.82, 2.24) is 0 Å². The van der Waals surface area contributed by atoms with Crippen LogP contribution in [0.5, 0.6) is 0 Å². The molecule has 0 radical (unpaired) electrons. The summed E-state index contributed by atoms with van der Waals surface area (Å²) >= 11 is 0. The summed E-state index contributed by atoms with van der Waals surface area (Å²) in [6.07, 6.45) is 2.91. The Hall–Kier alpha value is -0.610. The van der Waals surface area contributed by atoms with Gasteiger partial charge in [0.25, 0.3) is 0 Å². The van der Waals surface area contributed by atoms with Gasteiger partial charge < -0.3 is 15.2 Å². The molecule has 1 fully saturated rings. The lowest BCUT2D eigenvalue weighted by Crippen LogP contribution is -2.29. The average Bonchev–Trinajstić information content (AvgIpc) is 2.26. The second-order valence-electron chi connectivity index (χ2n) is 3.75. The topological polar surface area (TPSA) is 61.5 Å². The van der Waals surface area contributed by atoms with Crippen molar-refractivity contribution >= 4 is 5.97 Å². The van der Waals surface area contributed by atoms with Crippen molar-refractivity contribution in [3.8, 4) is 0 Å². The molecule has 1 atom stereocenters. The van der Waals surface area contributed by atoms with Crippen LogP contribution < -0.4 is 5.73 Å². The van der Waals surface area contributed by atoms with Crippen molar-refractivity contribution in [3.63, 3.8) is 0 Å². The van der Waals surface area contributed by atoms with E-state index in [9.17, 15) is 4.79 Å². The zero-order valence-corrected chi connectivity index (χ0v) is 8.70. The van der Waals surface area contributed by atoms with Crippen LogP contribution in [0, 0.1) is 11.8 Å². The molecule has 0 amide bonds. The van der Waals surface area contributed by atoms with Gasteiger partial charge in [-0.25, -0.2) is 0 Å². The third kappa shape index (κ3) is 3.27. The molecule has 1 unspecified atom stereocenters. The van der Waals surface area contributed by atoms with Gasteiger partial charge in [0, 0.05) is 19.8 Å². The Labute approximate surface area is 84.7 Å². The zero-order chi connectivity index (χ0) is 10.4. The molecule has 1 rings (SSSR count). The first kappa shape index (κ1) is 11.5. The van der Waals surface area contributed by atoms with Crippen LogP contribution in [0.25, 0.3) is 0 Å². The number of methoxy groups -OCH3 is 1. The average molecular weight is 201 g/mol. The fourth-order valence-electron chi connectivity index (χ4n) is 1.84. The van der Waals surface area contributed by atoms with E-state index < -0.39 is 0 Å². The Morgan fingerprint density at radius 2 is 2.21 bits per heavy atom. The van der Waals surface area contributed by atoms with Crippen LogP contribution in [0.4, 0.5) is 0 Å². The highest BCUT2D eigenvalue weighted by Gasteiger charge is 2.23. The standard InChI is InChI=1S/C10H19NO3/c1-13-10(12)9(7-11)6-8-2-4-14-5-3-8/h8-9H,2-7,11H2,1H3. The molecule has 0 saturated carbocycles. The van der Waals surface area contributed by atoms with Gasteiger partial charge in [0.05, 0.1) is 13.0 Å². The van der Waals surface area contributed by atoms with Crippen molar-refractivity contribution in [2.45, 2.75) is 19.3 Å². The number of esters is 1. The molecular weight excluding hydrogens is 182 g/mol. The Balaban J connectivity index is 2.34. The number of hydrogen-bond acceptors (Lipinski definition) is 4. The van der Waals surface area contributed by atoms with Crippen LogP contribution in [0.3, 0.4) is 0 Å². The van der Waals surface area contributed by atoms with Crippen molar-refractivity contribution < 1.29 is 14.3 Å². The summed E-state index contributed by atoms with van der Waals surface area (Å²) < 4.78 is 9.95. The second kappa shape index (κ2) is 5.98. The largest absolute Gasteiger partial charge is 0.469 e. The van der Waals surface area contributed by atoms with E-state index >= 15 is 0 Å². The summed E-state index contributed by atoms with van der Waals surface area (Å²) in [5.74, 6) is 0.249. The van der Waals surface area contributed by atoms with Crippen LogP contribution in [-0.2, 0) is 14.3 Å². The Morgan fingerprint density at radius 1 is 1.57 bits per heavy atom. The second-order valence-corrected chi connectivity index (χ2v) is 3.75. The van der Waals surface area contributed by atoms with E-state index in [1.807, 2.05) is 0 Å². The van der Waals surface area contributed by atoms with Crippen LogP contribution in [0.2, 0.25) is 0 Å². The monoisotopic (exact) mass is 201 g/mol. The smallest absolute Gasteiger partial charge is 0.309 e. The van der Waals surface area contributed by atoms with Gasteiger partial charge in [-0.1, -0.05) is 0 Å². The molecule has 0 aromatic carbocycles. The fourth-order valence-corrected chi connectivity index (χ4v) is 1.84. The highest BCUT2D eigenvalue weighted by molar-refractivity contribution is 5.72. The molecule has 0 aliphatic carbocycles. The van der Waals surface area contributed by atoms with Crippen LogP contribution >= 0.6 is 0 Å². The van der Waals surface area contributed by atoms with Gasteiger partial charge in [-0.2, -0.15) is 0 Å². The highest BCUT2D eigenvalue weighted by atomic mass is 16.5. The molecule has 82 valence electrons. The van der Waals surface area contributed by atoms with E-state index in [4.69, 9.17) is 15.2 Å². The summed E-state index contributed by atoms with van der Waals surface area (Å²) in [4.78, 5) is 11.3. The number of nitrogens with two attached hydrogens (primary N) is 1. The van der Waals surface area contributed by atoms with E-state index in [0.29, 0.717) is 12.5 Å². The van der Waals surface area contributed by atoms with Gasteiger partial charge in [0.15, 0.2) is 0 Å². The molecule has 1 heterocycles. The minimum atomic E-state index is -0.181. The third-order valence-electron chi connectivity index (χ3n) is 2.78. The normalized spacial score (nSPS) is 20.4. The molecule has 1 aliphatic rings. The summed E-state index contributed by atoms with van der Waals surface area (Å²) in [5, 5.41) is 0. The molecule has 1 saturated heterocycles. The van der Waals surface area contributed by atoms with Gasteiger partial charge in [-0.15, -0.1) is 0 Å². The maximum Gasteiger partial charge on any atom is 0.309 e. The van der Waals surface area contributed by atoms with Crippen LogP contribution in [0.1, 0.15) is 19.3 Å². The van der Waals surface area contributed by atoms with Gasteiger partial charge in [-0.3, -0.25) is 4.79 Å². The number of carbonyl (C=O) groups is 1. The number of ether oxygens (including phenoxy) is 2. The third-order valence-corrected chi connectivity index (χ3v) is 2.78. The summed E-state index contributed by atoms with van der Waals surface area (Å²) in [5.41, 5.74) is 5.53. The molecular formula is C10H19NO3. The van der Waals surface area contributed by atoms with E-state index in [0.717, 1.165) is 32.5 Å². The van der Waals surface area contributed by atoms with Crippen molar-refractivity contribution in [3.05, 3.63) is 0 Å². The molecule has 0 spiro atoms. The van der Waals surface area contributed by atoms with E-state index in [1.54, 1.807) is 0 Å². The molecule has 14 heavy (non-hydrogen) atoms. The summed E-state index contributed by atoms with van der Waals surface area (Å²) in [7, 11) is 1.41. The first-order valence-electron chi connectivity index (χ1n) is 5.13. The van der Waals surface area contributed by atoms with E-state index in [1.165, 1.54) is 7.11 Å². The summed E-state index contributed by atoms with van der Waals surface area (Å²) in [6, 6.07) is 0. The molecule has 0 aromatic heterocycles. The maximum atomic E-state index is 11.3. The first-order valence-corrected chi connectivity index (χ1v) is 5.13. The molecule has 0 aromatic rings. The van der Waals surface area contributed by atoms with E-state index in [2.05, 4.69) is 0 Å². The van der Waals surface area contributed by atoms with Gasteiger partial charge in [0.2, 0.25) is 0 Å². The lowest BCUT2D eigenvalue weighted by atomic mass is 9.89. The Kier molecular flexibility index (Phi) is 4.90. The number of carbonyl (C=O) groups excluding carboxylic acids is 1. The molecule has 0 bridgehead atoms. The van der Waals surface area contributed by atoms with Crippen molar-refractivity contribution in [2.75, 3.05) is 26.9 Å². The summed E-state index contributed by atoms with van der Waals surface area (Å²) in [6.45, 7) is 2.00. The molecule has 4 nitrogen and oxygen atoms in total. The van der Waals surface area contributed by atoms with Crippen molar-refractivity contribution in [1.29, 1.82) is 0 Å². The van der Waals surface area contributed by atoms with Crippen LogP contribution in [0.15, 0.2) is 0 Å². The minimum Gasteiger partial charge on any atom is -0.469 e. The van der Waals surface area contributed by atoms with E-state index in [-0.39, 0.29) is 11.9 Å². The maximum absolute atomic E-state index is 11.3. The molecule has 1 aliphatic heterocycles. The minimum absolute atomic E-state index is 0.136. The Bertz CT molecular complexity index is 178. The first-order chi connectivity index (χ1) is 6.77.